The third-order valence-electron chi connectivity index (χ3n) is 2.61. The second kappa shape index (κ2) is 4.48. The predicted octanol–water partition coefficient (Wildman–Crippen LogP) is 4.53. The zero-order valence-corrected chi connectivity index (χ0v) is 11.9. The average molecular weight is 285 g/mol. The van der Waals surface area contributed by atoms with Crippen molar-refractivity contribution in [2.24, 2.45) is 0 Å². The number of rotatable bonds is 1. The topological polar surface area (TPSA) is 52.0 Å². The summed E-state index contributed by atoms with van der Waals surface area (Å²) in [7, 11) is 0. The Balaban J connectivity index is 2.76. The summed E-state index contributed by atoms with van der Waals surface area (Å²) in [5, 5.41) is 4.89. The number of hydrogen-bond donors (Lipinski definition) is 1. The quantitative estimate of drug-likeness (QED) is 0.837. The number of nitrogen functional groups attached to an aromatic ring is 1. The zero-order valence-electron chi connectivity index (χ0n) is 10.4. The van der Waals surface area contributed by atoms with Crippen molar-refractivity contribution >= 4 is 29.0 Å². The van der Waals surface area contributed by atoms with Gasteiger partial charge in [-0.15, -0.1) is 0 Å². The first-order valence-electron chi connectivity index (χ1n) is 5.52. The van der Waals surface area contributed by atoms with E-state index in [0.717, 1.165) is 0 Å². The Bertz CT molecular complexity index is 565. The monoisotopic (exact) mass is 284 g/mol. The van der Waals surface area contributed by atoms with E-state index in [1.807, 2.05) is 20.8 Å². The van der Waals surface area contributed by atoms with Gasteiger partial charge in [-0.2, -0.15) is 0 Å². The molecule has 1 aromatic heterocycles. The highest BCUT2D eigenvalue weighted by atomic mass is 35.5. The molecule has 0 atom stereocenters. The summed E-state index contributed by atoms with van der Waals surface area (Å²) in [6, 6.07) is 5.32. The normalized spacial score (nSPS) is 11.8. The molecule has 5 heteroatoms. The largest absolute Gasteiger partial charge is 0.380 e. The molecular formula is C13H14Cl2N2O. The van der Waals surface area contributed by atoms with Crippen LogP contribution in [0.2, 0.25) is 10.0 Å². The summed E-state index contributed by atoms with van der Waals surface area (Å²) < 4.78 is 5.33. The molecule has 0 amide bonds. The SMILES string of the molecule is CC(C)(C)c1onc(N)c1-c1c(Cl)cccc1Cl. The van der Waals surface area contributed by atoms with Gasteiger partial charge in [0.05, 0.1) is 15.6 Å². The van der Waals surface area contributed by atoms with Gasteiger partial charge < -0.3 is 10.3 Å². The van der Waals surface area contributed by atoms with Crippen LogP contribution in [0.1, 0.15) is 26.5 Å². The van der Waals surface area contributed by atoms with E-state index in [2.05, 4.69) is 5.16 Å². The van der Waals surface area contributed by atoms with E-state index in [1.165, 1.54) is 0 Å². The van der Waals surface area contributed by atoms with Gasteiger partial charge >= 0.3 is 0 Å². The summed E-state index contributed by atoms with van der Waals surface area (Å²) in [6.07, 6.45) is 0. The summed E-state index contributed by atoms with van der Waals surface area (Å²) >= 11 is 12.4. The fraction of sp³-hybridized carbons (Fsp3) is 0.308. The Morgan fingerprint density at radius 2 is 1.67 bits per heavy atom. The molecule has 0 aliphatic rings. The lowest BCUT2D eigenvalue weighted by Crippen LogP contribution is -2.11. The molecule has 0 aliphatic carbocycles. The molecule has 2 rings (SSSR count). The average Bonchev–Trinajstić information content (AvgIpc) is 2.60. The van der Waals surface area contributed by atoms with Crippen LogP contribution in [0.25, 0.3) is 11.1 Å². The number of nitrogens with two attached hydrogens (primary N) is 1. The van der Waals surface area contributed by atoms with Gasteiger partial charge in [0.2, 0.25) is 0 Å². The first kappa shape index (κ1) is 13.2. The fourth-order valence-corrected chi connectivity index (χ4v) is 2.38. The first-order valence-corrected chi connectivity index (χ1v) is 6.28. The molecule has 0 bridgehead atoms. The smallest absolute Gasteiger partial charge is 0.175 e. The van der Waals surface area contributed by atoms with Crippen molar-refractivity contribution in [1.29, 1.82) is 0 Å². The van der Waals surface area contributed by atoms with Crippen molar-refractivity contribution < 1.29 is 4.52 Å². The summed E-state index contributed by atoms with van der Waals surface area (Å²) in [4.78, 5) is 0. The number of benzene rings is 1. The summed E-state index contributed by atoms with van der Waals surface area (Å²) in [6.45, 7) is 6.05. The predicted molar refractivity (Wildman–Crippen MR) is 75.1 cm³/mol. The molecule has 18 heavy (non-hydrogen) atoms. The third kappa shape index (κ3) is 2.20. The van der Waals surface area contributed by atoms with Crippen LogP contribution in [0.5, 0.6) is 0 Å². The molecule has 0 fully saturated rings. The van der Waals surface area contributed by atoms with Crippen molar-refractivity contribution in [3.63, 3.8) is 0 Å². The Kier molecular flexibility index (Phi) is 3.30. The lowest BCUT2D eigenvalue weighted by atomic mass is 9.88. The fourth-order valence-electron chi connectivity index (χ4n) is 1.79. The van der Waals surface area contributed by atoms with Crippen molar-refractivity contribution in [3.05, 3.63) is 34.0 Å². The summed E-state index contributed by atoms with van der Waals surface area (Å²) in [5.41, 5.74) is 7.00. The van der Waals surface area contributed by atoms with Crippen LogP contribution in [-0.4, -0.2) is 5.16 Å². The Morgan fingerprint density at radius 1 is 1.11 bits per heavy atom. The van der Waals surface area contributed by atoms with Crippen LogP contribution in [-0.2, 0) is 5.41 Å². The lowest BCUT2D eigenvalue weighted by molar-refractivity contribution is 0.332. The summed E-state index contributed by atoms with van der Waals surface area (Å²) in [5.74, 6) is 0.977. The van der Waals surface area contributed by atoms with E-state index < -0.39 is 0 Å². The van der Waals surface area contributed by atoms with E-state index in [-0.39, 0.29) is 5.41 Å². The van der Waals surface area contributed by atoms with Gasteiger partial charge in [0.15, 0.2) is 11.6 Å². The minimum Gasteiger partial charge on any atom is -0.380 e. The lowest BCUT2D eigenvalue weighted by Gasteiger charge is -2.17. The van der Waals surface area contributed by atoms with Gasteiger partial charge in [0.25, 0.3) is 0 Å². The highest BCUT2D eigenvalue weighted by molar-refractivity contribution is 6.39. The molecule has 0 saturated heterocycles. The van der Waals surface area contributed by atoms with Crippen molar-refractivity contribution in [2.45, 2.75) is 26.2 Å². The number of halogens is 2. The Morgan fingerprint density at radius 3 is 2.17 bits per heavy atom. The van der Waals surface area contributed by atoms with Crippen molar-refractivity contribution in [3.8, 4) is 11.1 Å². The van der Waals surface area contributed by atoms with E-state index >= 15 is 0 Å². The van der Waals surface area contributed by atoms with Crippen molar-refractivity contribution in [2.75, 3.05) is 5.73 Å². The van der Waals surface area contributed by atoms with E-state index in [9.17, 15) is 0 Å². The van der Waals surface area contributed by atoms with Crippen LogP contribution in [0.15, 0.2) is 22.7 Å². The second-order valence-corrected chi connectivity index (χ2v) is 5.93. The molecule has 1 heterocycles. The van der Waals surface area contributed by atoms with Crippen LogP contribution in [0, 0.1) is 0 Å². The molecule has 0 saturated carbocycles. The standard InChI is InChI=1S/C13H14Cl2N2O/c1-13(2,3)11-10(12(16)17-18-11)9-7(14)5-4-6-8(9)15/h4-6H,1-3H3,(H2,16,17). The maximum atomic E-state index is 6.21. The highest BCUT2D eigenvalue weighted by Gasteiger charge is 2.28. The third-order valence-corrected chi connectivity index (χ3v) is 3.24. The Labute approximate surface area is 116 Å². The number of anilines is 1. The van der Waals surface area contributed by atoms with E-state index in [4.69, 9.17) is 33.5 Å². The molecule has 2 N–H and O–H groups in total. The molecule has 3 nitrogen and oxygen atoms in total. The second-order valence-electron chi connectivity index (χ2n) is 5.12. The van der Waals surface area contributed by atoms with E-state index in [1.54, 1.807) is 18.2 Å². The van der Waals surface area contributed by atoms with Gasteiger partial charge in [0, 0.05) is 11.0 Å². The van der Waals surface area contributed by atoms with Gasteiger partial charge in [-0.25, -0.2) is 0 Å². The number of aromatic nitrogens is 1. The van der Waals surface area contributed by atoms with Crippen LogP contribution in [0.4, 0.5) is 5.82 Å². The molecule has 1 aromatic carbocycles. The maximum Gasteiger partial charge on any atom is 0.175 e. The minimum absolute atomic E-state index is 0.234. The zero-order chi connectivity index (χ0) is 13.5. The molecule has 0 unspecified atom stereocenters. The highest BCUT2D eigenvalue weighted by Crippen LogP contribution is 2.43. The Hall–Kier alpha value is -1.19. The number of hydrogen-bond acceptors (Lipinski definition) is 3. The van der Waals surface area contributed by atoms with Crippen LogP contribution < -0.4 is 5.73 Å². The molecule has 96 valence electrons. The first-order chi connectivity index (χ1) is 8.32. The molecule has 0 radical (unpaired) electrons. The van der Waals surface area contributed by atoms with Gasteiger partial charge in [-0.05, 0) is 12.1 Å². The van der Waals surface area contributed by atoms with Gasteiger partial charge in [0.1, 0.15) is 0 Å². The van der Waals surface area contributed by atoms with E-state index in [0.29, 0.717) is 32.8 Å². The number of nitrogens with zero attached hydrogens (tertiary/aromatic N) is 1. The van der Waals surface area contributed by atoms with Crippen LogP contribution >= 0.6 is 23.2 Å². The maximum absolute atomic E-state index is 6.21. The molecular weight excluding hydrogens is 271 g/mol. The van der Waals surface area contributed by atoms with Crippen molar-refractivity contribution in [1.82, 2.24) is 5.16 Å². The van der Waals surface area contributed by atoms with Gasteiger partial charge in [-0.1, -0.05) is 55.2 Å². The molecule has 0 aliphatic heterocycles. The minimum atomic E-state index is -0.234. The van der Waals surface area contributed by atoms with Gasteiger partial charge in [-0.3, -0.25) is 0 Å². The molecule has 2 aromatic rings. The molecule has 0 spiro atoms. The van der Waals surface area contributed by atoms with Crippen LogP contribution in [0.3, 0.4) is 0 Å².